The molecule has 1 unspecified atom stereocenters. The summed E-state index contributed by atoms with van der Waals surface area (Å²) in [6.45, 7) is 3.40. The minimum atomic E-state index is -0.0280. The third-order valence-electron chi connectivity index (χ3n) is 3.18. The lowest BCUT2D eigenvalue weighted by Crippen LogP contribution is -2.35. The van der Waals surface area contributed by atoms with Gasteiger partial charge >= 0.3 is 0 Å². The van der Waals surface area contributed by atoms with E-state index >= 15 is 0 Å². The van der Waals surface area contributed by atoms with Crippen molar-refractivity contribution in [3.63, 3.8) is 0 Å². The van der Waals surface area contributed by atoms with E-state index in [2.05, 4.69) is 21.2 Å². The molecule has 1 fully saturated rings. The number of aryl methyl sites for hydroxylation is 1. The molecule has 18 heavy (non-hydrogen) atoms. The van der Waals surface area contributed by atoms with Crippen LogP contribution in [0.1, 0.15) is 35.2 Å². The average Bonchev–Trinajstić information content (AvgIpc) is 2.40. The number of ether oxygens (including phenoxy) is 1. The Morgan fingerprint density at radius 1 is 1.50 bits per heavy atom. The van der Waals surface area contributed by atoms with Crippen LogP contribution >= 0.6 is 15.9 Å². The summed E-state index contributed by atoms with van der Waals surface area (Å²) in [4.78, 5) is 12.0. The summed E-state index contributed by atoms with van der Waals surface area (Å²) in [5.41, 5.74) is 1.77. The van der Waals surface area contributed by atoms with Gasteiger partial charge in [-0.25, -0.2) is 0 Å². The molecule has 0 spiro atoms. The summed E-state index contributed by atoms with van der Waals surface area (Å²) in [6, 6.07) is 5.62. The molecule has 1 aliphatic rings. The maximum absolute atomic E-state index is 12.0. The molecular weight excluding hydrogens is 294 g/mol. The van der Waals surface area contributed by atoms with E-state index in [0.717, 1.165) is 29.5 Å². The molecule has 4 heteroatoms. The molecule has 1 saturated heterocycles. The van der Waals surface area contributed by atoms with Gasteiger partial charge in [0.2, 0.25) is 0 Å². The number of halogens is 1. The zero-order chi connectivity index (χ0) is 13.0. The second-order valence-electron chi connectivity index (χ2n) is 4.66. The maximum Gasteiger partial charge on any atom is 0.251 e. The van der Waals surface area contributed by atoms with Crippen molar-refractivity contribution >= 4 is 21.8 Å². The highest BCUT2D eigenvalue weighted by molar-refractivity contribution is 9.10. The van der Waals surface area contributed by atoms with Gasteiger partial charge in [-0.2, -0.15) is 0 Å². The number of hydrogen-bond acceptors (Lipinski definition) is 2. The van der Waals surface area contributed by atoms with Gasteiger partial charge in [-0.3, -0.25) is 4.79 Å². The molecule has 1 heterocycles. The molecular formula is C14H18BrNO2. The van der Waals surface area contributed by atoms with Crippen LogP contribution in [0.3, 0.4) is 0 Å². The van der Waals surface area contributed by atoms with E-state index in [-0.39, 0.29) is 12.0 Å². The van der Waals surface area contributed by atoms with Crippen LogP contribution in [0.5, 0.6) is 0 Å². The van der Waals surface area contributed by atoms with E-state index in [1.807, 2.05) is 25.1 Å². The Bertz CT molecular complexity index is 428. The Labute approximate surface area is 116 Å². The van der Waals surface area contributed by atoms with Crippen LogP contribution in [0.4, 0.5) is 0 Å². The maximum atomic E-state index is 12.0. The second kappa shape index (κ2) is 6.34. The number of benzene rings is 1. The molecule has 1 aliphatic heterocycles. The molecule has 0 radical (unpaired) electrons. The van der Waals surface area contributed by atoms with Crippen molar-refractivity contribution in [2.24, 2.45) is 0 Å². The molecule has 0 saturated carbocycles. The highest BCUT2D eigenvalue weighted by Crippen LogP contribution is 2.17. The first kappa shape index (κ1) is 13.6. The molecule has 0 bridgehead atoms. The van der Waals surface area contributed by atoms with Crippen LogP contribution in [0, 0.1) is 6.92 Å². The molecule has 3 nitrogen and oxygen atoms in total. The SMILES string of the molecule is Cc1cc(C(=O)NCC2CCCCO2)ccc1Br. The fourth-order valence-corrected chi connectivity index (χ4v) is 2.31. The molecule has 2 rings (SSSR count). The van der Waals surface area contributed by atoms with E-state index < -0.39 is 0 Å². The van der Waals surface area contributed by atoms with Gasteiger partial charge in [-0.05, 0) is 49.9 Å². The van der Waals surface area contributed by atoms with Gasteiger partial charge in [-0.15, -0.1) is 0 Å². The molecule has 1 aromatic rings. The van der Waals surface area contributed by atoms with Crippen LogP contribution in [-0.2, 0) is 4.74 Å². The van der Waals surface area contributed by atoms with Gasteiger partial charge in [0.15, 0.2) is 0 Å². The summed E-state index contributed by atoms with van der Waals surface area (Å²) in [5.74, 6) is -0.0280. The Morgan fingerprint density at radius 2 is 2.33 bits per heavy atom. The van der Waals surface area contributed by atoms with Crippen LogP contribution in [0.25, 0.3) is 0 Å². The standard InChI is InChI=1S/C14H18BrNO2/c1-10-8-11(5-6-13(10)15)14(17)16-9-12-4-2-3-7-18-12/h5-6,8,12H,2-4,7,9H2,1H3,(H,16,17). The number of rotatable bonds is 3. The van der Waals surface area contributed by atoms with Gasteiger partial charge in [0.25, 0.3) is 5.91 Å². The lowest BCUT2D eigenvalue weighted by atomic mass is 10.1. The normalized spacial score (nSPS) is 19.6. The van der Waals surface area contributed by atoms with Crippen molar-refractivity contribution in [1.82, 2.24) is 5.32 Å². The first-order valence-corrected chi connectivity index (χ1v) is 7.12. The fourth-order valence-electron chi connectivity index (χ4n) is 2.06. The summed E-state index contributed by atoms with van der Waals surface area (Å²) >= 11 is 3.43. The van der Waals surface area contributed by atoms with Gasteiger partial charge in [0, 0.05) is 23.2 Å². The second-order valence-corrected chi connectivity index (χ2v) is 5.52. The van der Waals surface area contributed by atoms with Gasteiger partial charge in [0.1, 0.15) is 0 Å². The van der Waals surface area contributed by atoms with Crippen molar-refractivity contribution in [2.75, 3.05) is 13.2 Å². The number of hydrogen-bond donors (Lipinski definition) is 1. The molecule has 0 aliphatic carbocycles. The predicted octanol–water partition coefficient (Wildman–Crippen LogP) is 3.06. The number of carbonyl (C=O) groups is 1. The molecule has 1 atom stereocenters. The highest BCUT2D eigenvalue weighted by atomic mass is 79.9. The van der Waals surface area contributed by atoms with Crippen molar-refractivity contribution < 1.29 is 9.53 Å². The van der Waals surface area contributed by atoms with Gasteiger partial charge in [0.05, 0.1) is 6.10 Å². The third kappa shape index (κ3) is 3.56. The lowest BCUT2D eigenvalue weighted by Gasteiger charge is -2.22. The molecule has 98 valence electrons. The monoisotopic (exact) mass is 311 g/mol. The topological polar surface area (TPSA) is 38.3 Å². The molecule has 1 N–H and O–H groups in total. The first-order valence-electron chi connectivity index (χ1n) is 6.33. The molecule has 1 aromatic carbocycles. The highest BCUT2D eigenvalue weighted by Gasteiger charge is 2.15. The van der Waals surface area contributed by atoms with Gasteiger partial charge in [-0.1, -0.05) is 15.9 Å². The largest absolute Gasteiger partial charge is 0.376 e. The number of nitrogens with one attached hydrogen (secondary N) is 1. The Balaban J connectivity index is 1.88. The van der Waals surface area contributed by atoms with Crippen molar-refractivity contribution in [3.05, 3.63) is 33.8 Å². The Kier molecular flexibility index (Phi) is 4.78. The van der Waals surface area contributed by atoms with Crippen molar-refractivity contribution in [3.8, 4) is 0 Å². The minimum absolute atomic E-state index is 0.0280. The minimum Gasteiger partial charge on any atom is -0.376 e. The fraction of sp³-hybridized carbons (Fsp3) is 0.500. The summed E-state index contributed by atoms with van der Waals surface area (Å²) < 4.78 is 6.61. The summed E-state index contributed by atoms with van der Waals surface area (Å²) in [5, 5.41) is 2.94. The summed E-state index contributed by atoms with van der Waals surface area (Å²) in [6.07, 6.45) is 3.55. The predicted molar refractivity (Wildman–Crippen MR) is 74.8 cm³/mol. The number of amides is 1. The van der Waals surface area contributed by atoms with Crippen LogP contribution in [0.2, 0.25) is 0 Å². The third-order valence-corrected chi connectivity index (χ3v) is 4.07. The zero-order valence-electron chi connectivity index (χ0n) is 10.5. The quantitative estimate of drug-likeness (QED) is 0.931. The van der Waals surface area contributed by atoms with E-state index in [0.29, 0.717) is 12.1 Å². The first-order chi connectivity index (χ1) is 8.66. The average molecular weight is 312 g/mol. The van der Waals surface area contributed by atoms with E-state index in [9.17, 15) is 4.79 Å². The molecule has 1 amide bonds. The van der Waals surface area contributed by atoms with Crippen molar-refractivity contribution in [1.29, 1.82) is 0 Å². The van der Waals surface area contributed by atoms with Crippen LogP contribution in [0.15, 0.2) is 22.7 Å². The Morgan fingerprint density at radius 3 is 3.00 bits per heavy atom. The summed E-state index contributed by atoms with van der Waals surface area (Å²) in [7, 11) is 0. The van der Waals surface area contributed by atoms with Gasteiger partial charge < -0.3 is 10.1 Å². The van der Waals surface area contributed by atoms with Crippen LogP contribution in [-0.4, -0.2) is 25.2 Å². The molecule has 0 aromatic heterocycles. The lowest BCUT2D eigenvalue weighted by molar-refractivity contribution is 0.0169. The Hall–Kier alpha value is -0.870. The van der Waals surface area contributed by atoms with Crippen LogP contribution < -0.4 is 5.32 Å². The van der Waals surface area contributed by atoms with Crippen molar-refractivity contribution in [2.45, 2.75) is 32.3 Å². The zero-order valence-corrected chi connectivity index (χ0v) is 12.1. The number of carbonyl (C=O) groups excluding carboxylic acids is 1. The van der Waals surface area contributed by atoms with E-state index in [1.54, 1.807) is 0 Å². The van der Waals surface area contributed by atoms with E-state index in [1.165, 1.54) is 6.42 Å². The smallest absolute Gasteiger partial charge is 0.251 e. The van der Waals surface area contributed by atoms with E-state index in [4.69, 9.17) is 4.74 Å².